The molecule has 0 aromatic heterocycles. The molecule has 0 unspecified atom stereocenters. The van der Waals surface area contributed by atoms with E-state index in [1.807, 2.05) is 24.3 Å². The molecule has 0 aliphatic heterocycles. The fourth-order valence-corrected chi connectivity index (χ4v) is 13.1. The number of carboxylic acids is 1. The van der Waals surface area contributed by atoms with Crippen LogP contribution in [-0.4, -0.2) is 47.6 Å². The van der Waals surface area contributed by atoms with Gasteiger partial charge in [-0.15, -0.1) is 0 Å². The largest absolute Gasteiger partial charge is 0.481 e. The summed E-state index contributed by atoms with van der Waals surface area (Å²) in [5.41, 5.74) is 1.73. The molecule has 0 spiro atoms. The van der Waals surface area contributed by atoms with Gasteiger partial charge in [-0.2, -0.15) is 0 Å². The van der Waals surface area contributed by atoms with Crippen LogP contribution < -0.4 is 5.32 Å². The number of benzene rings is 1. The summed E-state index contributed by atoms with van der Waals surface area (Å²) in [6, 6.07) is 7.76. The average Bonchev–Trinajstić information content (AvgIpc) is 3.39. The van der Waals surface area contributed by atoms with Gasteiger partial charge in [0.15, 0.2) is 5.78 Å². The van der Waals surface area contributed by atoms with Gasteiger partial charge in [0.1, 0.15) is 12.2 Å². The quantitative estimate of drug-likeness (QED) is 0.214. The van der Waals surface area contributed by atoms with Crippen molar-refractivity contribution in [2.75, 3.05) is 6.54 Å². The summed E-state index contributed by atoms with van der Waals surface area (Å²) in [4.78, 5) is 51.7. The predicted octanol–water partition coefficient (Wildman–Crippen LogP) is 9.36. The molecule has 10 atom stereocenters. The van der Waals surface area contributed by atoms with Crippen molar-refractivity contribution in [3.8, 4) is 0 Å². The summed E-state index contributed by atoms with van der Waals surface area (Å²) < 4.78 is 12.3. The number of nitrogens with one attached hydrogen (secondary N) is 1. The Morgan fingerprint density at radius 1 is 0.981 bits per heavy atom. The van der Waals surface area contributed by atoms with Crippen molar-refractivity contribution in [1.29, 1.82) is 0 Å². The second kappa shape index (κ2) is 14.7. The molecule has 0 amide bonds. The van der Waals surface area contributed by atoms with Crippen molar-refractivity contribution < 1.29 is 33.8 Å². The number of hydrogen-bond acceptors (Lipinski definition) is 7. The van der Waals surface area contributed by atoms with Crippen molar-refractivity contribution in [2.24, 2.45) is 56.7 Å². The maximum atomic E-state index is 14.2. The number of Topliss-reactive ketones (excluding diaryl/α,β-unsaturated/α-hetero) is 1. The van der Waals surface area contributed by atoms with Gasteiger partial charge in [0, 0.05) is 36.9 Å². The van der Waals surface area contributed by atoms with Gasteiger partial charge < -0.3 is 19.9 Å². The lowest BCUT2D eigenvalue weighted by Gasteiger charge is -2.71. The molecule has 9 heteroatoms. The topological polar surface area (TPSA) is 119 Å². The fraction of sp³-hybridized carbons (Fsp3) is 0.733. The average molecular weight is 766 g/mol. The molecule has 0 bridgehead atoms. The number of ether oxygens (including phenoxy) is 2. The van der Waals surface area contributed by atoms with E-state index in [1.165, 1.54) is 12.5 Å². The monoisotopic (exact) mass is 765 g/mol. The molecular weight excluding hydrogens is 702 g/mol. The minimum atomic E-state index is -1.16. The number of halogens is 1. The molecule has 5 aliphatic carbocycles. The number of esters is 2. The van der Waals surface area contributed by atoms with Crippen molar-refractivity contribution in [2.45, 2.75) is 145 Å². The van der Waals surface area contributed by atoms with Gasteiger partial charge >= 0.3 is 17.9 Å². The number of fused-ring (bicyclic) bond motifs is 7. The Bertz CT molecular complexity index is 1680. The zero-order valence-electron chi connectivity index (χ0n) is 34.1. The Hall–Kier alpha value is -2.71. The Morgan fingerprint density at radius 2 is 1.67 bits per heavy atom. The van der Waals surface area contributed by atoms with E-state index in [1.54, 1.807) is 13.8 Å². The van der Waals surface area contributed by atoms with Crippen LogP contribution in [0, 0.1) is 56.7 Å². The van der Waals surface area contributed by atoms with Crippen LogP contribution in [0.5, 0.6) is 0 Å². The van der Waals surface area contributed by atoms with Crippen LogP contribution in [-0.2, 0) is 35.2 Å². The molecule has 0 saturated heterocycles. The summed E-state index contributed by atoms with van der Waals surface area (Å²) in [5, 5.41) is 13.9. The van der Waals surface area contributed by atoms with Gasteiger partial charge in [-0.1, -0.05) is 65.3 Å². The van der Waals surface area contributed by atoms with Crippen molar-refractivity contribution >= 4 is 35.3 Å². The van der Waals surface area contributed by atoms with Crippen molar-refractivity contribution in [3.05, 3.63) is 46.0 Å². The van der Waals surface area contributed by atoms with E-state index in [-0.39, 0.29) is 58.3 Å². The van der Waals surface area contributed by atoms with E-state index >= 15 is 0 Å². The van der Waals surface area contributed by atoms with E-state index in [0.29, 0.717) is 36.4 Å². The standard InChI is InChI=1S/C45H64ClNO7/c1-26(2)38-33(49)22-45(36(53-28(4)48)25-47-24-29-10-12-30(46)13-11-29)21-20-43(8)32(39(38)45)14-15-35-42(7)18-17-34(27(3)31(42)16-19-44(35,43)9)54-37(50)23-41(5,6)40(51)52/h10-13,26-27,31-32,34-36,47H,14-25H2,1-9H3,(H,51,52)/t27-,31+,32-,34+,35-,36+,42+,43-,44-,45+/m1/s1. The molecule has 0 radical (unpaired) electrons. The van der Waals surface area contributed by atoms with Gasteiger partial charge in [0.25, 0.3) is 0 Å². The third kappa shape index (κ3) is 6.77. The molecular formula is C45H64ClNO7. The van der Waals surface area contributed by atoms with Crippen molar-refractivity contribution in [1.82, 2.24) is 5.32 Å². The summed E-state index contributed by atoms with van der Waals surface area (Å²) in [6.07, 6.45) is 7.32. The highest BCUT2D eigenvalue weighted by Crippen LogP contribution is 2.76. The molecule has 1 aromatic carbocycles. The Labute approximate surface area is 327 Å². The van der Waals surface area contributed by atoms with Gasteiger partial charge in [0.2, 0.25) is 0 Å². The first kappa shape index (κ1) is 40.9. The number of allylic oxidation sites excluding steroid dienone is 1. The van der Waals surface area contributed by atoms with Gasteiger partial charge in [0.05, 0.1) is 11.8 Å². The smallest absolute Gasteiger partial charge is 0.309 e. The van der Waals surface area contributed by atoms with Gasteiger partial charge in [-0.25, -0.2) is 0 Å². The predicted molar refractivity (Wildman–Crippen MR) is 209 cm³/mol. The van der Waals surface area contributed by atoms with Crippen LogP contribution >= 0.6 is 11.6 Å². The SMILES string of the molecule is CC(=O)O[C@@H](CNCc1ccc(Cl)cc1)[C@@]12CC[C@]3(C)[C@H](CC[C@@H]4[C@@]5(C)CC[C@H](OC(=O)CC(C)(C)C(=O)O)[C@H](C)[C@@H]5CC[C@]43C)C1=C(C(C)C)C(=O)C2. The Balaban J connectivity index is 1.28. The fourth-order valence-electron chi connectivity index (χ4n) is 13.0. The van der Waals surface area contributed by atoms with E-state index in [0.717, 1.165) is 62.5 Å². The van der Waals surface area contributed by atoms with Gasteiger partial charge in [-0.05, 0) is 140 Å². The maximum Gasteiger partial charge on any atom is 0.309 e. The lowest BCUT2D eigenvalue weighted by Crippen LogP contribution is -2.65. The van der Waals surface area contributed by atoms with E-state index < -0.39 is 28.9 Å². The van der Waals surface area contributed by atoms with E-state index in [9.17, 15) is 24.3 Å². The van der Waals surface area contributed by atoms with Crippen LogP contribution in [0.4, 0.5) is 0 Å². The lowest BCUT2D eigenvalue weighted by molar-refractivity contribution is -0.218. The molecule has 5 aliphatic rings. The van der Waals surface area contributed by atoms with Gasteiger partial charge in [-0.3, -0.25) is 19.2 Å². The highest BCUT2D eigenvalue weighted by Gasteiger charge is 2.70. The highest BCUT2D eigenvalue weighted by molar-refractivity contribution is 6.30. The molecule has 8 nitrogen and oxygen atoms in total. The third-order valence-corrected chi connectivity index (χ3v) is 16.2. The molecule has 2 N–H and O–H groups in total. The number of carbonyl (C=O) groups is 4. The summed E-state index contributed by atoms with van der Waals surface area (Å²) in [6.45, 7) is 19.8. The lowest BCUT2D eigenvalue weighted by atomic mass is 9.33. The molecule has 1 aromatic rings. The maximum absolute atomic E-state index is 14.2. The number of ketones is 1. The highest BCUT2D eigenvalue weighted by atomic mass is 35.5. The van der Waals surface area contributed by atoms with E-state index in [4.69, 9.17) is 21.1 Å². The zero-order chi connectivity index (χ0) is 39.6. The molecule has 54 heavy (non-hydrogen) atoms. The molecule has 0 heterocycles. The zero-order valence-corrected chi connectivity index (χ0v) is 34.9. The Morgan fingerprint density at radius 3 is 2.30 bits per heavy atom. The number of rotatable bonds is 11. The van der Waals surface area contributed by atoms with Crippen LogP contribution in [0.2, 0.25) is 5.02 Å². The minimum absolute atomic E-state index is 0.0343. The van der Waals surface area contributed by atoms with E-state index in [2.05, 4.69) is 46.9 Å². The molecule has 4 saturated carbocycles. The summed E-state index contributed by atoms with van der Waals surface area (Å²) in [5.74, 6) is -0.154. The Kier molecular flexibility index (Phi) is 11.1. The second-order valence-electron chi connectivity index (χ2n) is 19.6. The van der Waals surface area contributed by atoms with Crippen LogP contribution in [0.1, 0.15) is 132 Å². The molecule has 4 fully saturated rings. The number of hydrogen-bond donors (Lipinski definition) is 2. The first-order valence-corrected chi connectivity index (χ1v) is 20.9. The number of carbonyl (C=O) groups excluding carboxylic acids is 3. The van der Waals surface area contributed by atoms with Crippen molar-refractivity contribution in [3.63, 3.8) is 0 Å². The minimum Gasteiger partial charge on any atom is -0.481 e. The van der Waals surface area contributed by atoms with Crippen LogP contribution in [0.15, 0.2) is 35.4 Å². The third-order valence-electron chi connectivity index (χ3n) is 16.0. The molecule has 6 rings (SSSR count). The number of carboxylic acid groups (broad SMARTS) is 1. The van der Waals surface area contributed by atoms with Crippen LogP contribution in [0.25, 0.3) is 0 Å². The summed E-state index contributed by atoms with van der Waals surface area (Å²) >= 11 is 6.14. The first-order valence-electron chi connectivity index (χ1n) is 20.5. The number of aliphatic carboxylic acids is 1. The second-order valence-corrected chi connectivity index (χ2v) is 20.0. The summed E-state index contributed by atoms with van der Waals surface area (Å²) in [7, 11) is 0. The first-order chi connectivity index (χ1) is 25.2. The van der Waals surface area contributed by atoms with Crippen LogP contribution in [0.3, 0.4) is 0 Å². The normalized spacial score (nSPS) is 36.8. The molecule has 298 valence electrons.